The molecule has 2 nitrogen and oxygen atoms in total. The molecule has 106 valence electrons. The lowest BCUT2D eigenvalue weighted by Crippen LogP contribution is -2.21. The van der Waals surface area contributed by atoms with Crippen LogP contribution in [0.25, 0.3) is 0 Å². The smallest absolute Gasteiger partial charge is 0.122 e. The van der Waals surface area contributed by atoms with Gasteiger partial charge in [0.05, 0.1) is 0 Å². The van der Waals surface area contributed by atoms with Crippen LogP contribution in [0.2, 0.25) is 0 Å². The molecule has 2 atom stereocenters. The van der Waals surface area contributed by atoms with E-state index < -0.39 is 5.60 Å². The molecule has 0 aromatic rings. The Labute approximate surface area is 113 Å². The SMILES string of the molecule is CC(C)CCCC(C)CCCC(C)(O)C#CCO. The fourth-order valence-corrected chi connectivity index (χ4v) is 2.11. The first kappa shape index (κ1) is 17.5. The summed E-state index contributed by atoms with van der Waals surface area (Å²) in [7, 11) is 0. The Balaban J connectivity index is 3.70. The van der Waals surface area contributed by atoms with Gasteiger partial charge in [-0.2, -0.15) is 0 Å². The van der Waals surface area contributed by atoms with E-state index in [1.165, 1.54) is 19.3 Å². The molecule has 0 heterocycles. The molecule has 0 saturated heterocycles. The van der Waals surface area contributed by atoms with Gasteiger partial charge < -0.3 is 10.2 Å². The van der Waals surface area contributed by atoms with E-state index in [9.17, 15) is 5.11 Å². The summed E-state index contributed by atoms with van der Waals surface area (Å²) >= 11 is 0. The van der Waals surface area contributed by atoms with Crippen LogP contribution in [0.1, 0.15) is 66.2 Å². The monoisotopic (exact) mass is 254 g/mol. The van der Waals surface area contributed by atoms with Crippen molar-refractivity contribution in [2.24, 2.45) is 11.8 Å². The summed E-state index contributed by atoms with van der Waals surface area (Å²) in [5.74, 6) is 6.75. The van der Waals surface area contributed by atoms with E-state index in [1.54, 1.807) is 6.92 Å². The molecule has 0 rings (SSSR count). The van der Waals surface area contributed by atoms with Crippen molar-refractivity contribution in [2.75, 3.05) is 6.61 Å². The standard InChI is InChI=1S/C16H30O2/c1-14(2)8-5-9-15(3)10-6-11-16(4,18)12-7-13-17/h14-15,17-18H,5-6,8-11,13H2,1-4H3. The van der Waals surface area contributed by atoms with Gasteiger partial charge in [-0.1, -0.05) is 58.3 Å². The molecule has 0 radical (unpaired) electrons. The maximum absolute atomic E-state index is 9.92. The zero-order valence-corrected chi connectivity index (χ0v) is 12.5. The fourth-order valence-electron chi connectivity index (χ4n) is 2.11. The molecule has 0 amide bonds. The summed E-state index contributed by atoms with van der Waals surface area (Å²) in [5.41, 5.74) is -0.944. The van der Waals surface area contributed by atoms with Crippen LogP contribution in [-0.4, -0.2) is 22.4 Å². The van der Waals surface area contributed by atoms with Gasteiger partial charge in [0, 0.05) is 0 Å². The molecule has 2 N–H and O–H groups in total. The molecule has 0 aromatic heterocycles. The van der Waals surface area contributed by atoms with Crippen molar-refractivity contribution >= 4 is 0 Å². The molecule has 0 aliphatic rings. The molecule has 2 heteroatoms. The lowest BCUT2D eigenvalue weighted by Gasteiger charge is -2.18. The number of hydrogen-bond donors (Lipinski definition) is 2. The van der Waals surface area contributed by atoms with Crippen molar-refractivity contribution in [2.45, 2.75) is 71.8 Å². The minimum absolute atomic E-state index is 0.179. The average molecular weight is 254 g/mol. The van der Waals surface area contributed by atoms with Gasteiger partial charge in [-0.3, -0.25) is 0 Å². The lowest BCUT2D eigenvalue weighted by atomic mass is 9.92. The van der Waals surface area contributed by atoms with Crippen molar-refractivity contribution < 1.29 is 10.2 Å². The van der Waals surface area contributed by atoms with E-state index in [2.05, 4.69) is 32.6 Å². The van der Waals surface area contributed by atoms with Crippen LogP contribution >= 0.6 is 0 Å². The molecule has 0 aliphatic carbocycles. The molecule has 0 aliphatic heterocycles. The molecule has 0 bridgehead atoms. The van der Waals surface area contributed by atoms with Gasteiger partial charge in [-0.15, -0.1) is 0 Å². The van der Waals surface area contributed by atoms with E-state index in [0.717, 1.165) is 24.7 Å². The Hall–Kier alpha value is -0.520. The van der Waals surface area contributed by atoms with E-state index in [1.807, 2.05) is 0 Å². The van der Waals surface area contributed by atoms with Gasteiger partial charge in [-0.05, 0) is 31.6 Å². The highest BCUT2D eigenvalue weighted by molar-refractivity contribution is 5.11. The molecule has 0 spiro atoms. The van der Waals surface area contributed by atoms with Crippen molar-refractivity contribution in [1.82, 2.24) is 0 Å². The van der Waals surface area contributed by atoms with Gasteiger partial charge in [0.2, 0.25) is 0 Å². The molecular formula is C16H30O2. The van der Waals surface area contributed by atoms with E-state index in [4.69, 9.17) is 5.11 Å². The maximum Gasteiger partial charge on any atom is 0.122 e. The van der Waals surface area contributed by atoms with Crippen molar-refractivity contribution in [3.63, 3.8) is 0 Å². The second kappa shape index (κ2) is 9.42. The van der Waals surface area contributed by atoms with Crippen LogP contribution in [0.5, 0.6) is 0 Å². The lowest BCUT2D eigenvalue weighted by molar-refractivity contribution is 0.107. The zero-order valence-electron chi connectivity index (χ0n) is 12.5. The van der Waals surface area contributed by atoms with E-state index in [-0.39, 0.29) is 6.61 Å². The minimum Gasteiger partial charge on any atom is -0.384 e. The first-order valence-corrected chi connectivity index (χ1v) is 7.20. The highest BCUT2D eigenvalue weighted by Crippen LogP contribution is 2.20. The number of hydrogen-bond acceptors (Lipinski definition) is 2. The molecule has 18 heavy (non-hydrogen) atoms. The van der Waals surface area contributed by atoms with Gasteiger partial charge in [0.1, 0.15) is 12.2 Å². The van der Waals surface area contributed by atoms with E-state index >= 15 is 0 Å². The average Bonchev–Trinajstić information content (AvgIpc) is 2.25. The van der Waals surface area contributed by atoms with Gasteiger partial charge >= 0.3 is 0 Å². The predicted molar refractivity (Wildman–Crippen MR) is 77.2 cm³/mol. The molecule has 0 aromatic carbocycles. The highest BCUT2D eigenvalue weighted by Gasteiger charge is 2.16. The summed E-state index contributed by atoms with van der Waals surface area (Å²) in [6.45, 7) is 8.36. The topological polar surface area (TPSA) is 40.5 Å². The summed E-state index contributed by atoms with van der Waals surface area (Å²) < 4.78 is 0. The molecular weight excluding hydrogens is 224 g/mol. The van der Waals surface area contributed by atoms with Crippen LogP contribution in [-0.2, 0) is 0 Å². The Bertz CT molecular complexity index is 258. The van der Waals surface area contributed by atoms with Crippen molar-refractivity contribution in [3.8, 4) is 11.8 Å². The third-order valence-electron chi connectivity index (χ3n) is 3.28. The number of aliphatic hydroxyl groups excluding tert-OH is 1. The summed E-state index contributed by atoms with van der Waals surface area (Å²) in [6, 6.07) is 0. The van der Waals surface area contributed by atoms with Crippen LogP contribution in [0.4, 0.5) is 0 Å². The zero-order chi connectivity index (χ0) is 14.0. The Morgan fingerprint density at radius 3 is 2.22 bits per heavy atom. The third kappa shape index (κ3) is 10.6. The fraction of sp³-hybridized carbons (Fsp3) is 0.875. The molecule has 2 unspecified atom stereocenters. The highest BCUT2D eigenvalue weighted by atomic mass is 16.3. The largest absolute Gasteiger partial charge is 0.384 e. The number of aliphatic hydroxyl groups is 2. The van der Waals surface area contributed by atoms with Gasteiger partial charge in [0.25, 0.3) is 0 Å². The van der Waals surface area contributed by atoms with E-state index in [0.29, 0.717) is 6.42 Å². The summed E-state index contributed by atoms with van der Waals surface area (Å²) in [4.78, 5) is 0. The Morgan fingerprint density at radius 2 is 1.67 bits per heavy atom. The van der Waals surface area contributed by atoms with Gasteiger partial charge in [0.15, 0.2) is 0 Å². The number of rotatable bonds is 8. The maximum atomic E-state index is 9.92. The summed E-state index contributed by atoms with van der Waals surface area (Å²) in [5, 5.41) is 18.5. The Morgan fingerprint density at radius 1 is 1.06 bits per heavy atom. The minimum atomic E-state index is -0.944. The van der Waals surface area contributed by atoms with Crippen LogP contribution in [0.15, 0.2) is 0 Å². The van der Waals surface area contributed by atoms with Crippen LogP contribution in [0, 0.1) is 23.7 Å². The normalized spacial score (nSPS) is 15.9. The Kier molecular flexibility index (Phi) is 9.14. The van der Waals surface area contributed by atoms with Gasteiger partial charge in [-0.25, -0.2) is 0 Å². The van der Waals surface area contributed by atoms with Crippen LogP contribution in [0.3, 0.4) is 0 Å². The third-order valence-corrected chi connectivity index (χ3v) is 3.28. The second-order valence-electron chi connectivity index (χ2n) is 6.06. The quantitative estimate of drug-likeness (QED) is 0.652. The first-order chi connectivity index (χ1) is 8.37. The summed E-state index contributed by atoms with van der Waals surface area (Å²) in [6.07, 6.45) is 6.73. The predicted octanol–water partition coefficient (Wildman–Crippen LogP) is 3.37. The molecule has 0 saturated carbocycles. The second-order valence-corrected chi connectivity index (χ2v) is 6.06. The molecule has 0 fully saturated rings. The van der Waals surface area contributed by atoms with Crippen molar-refractivity contribution in [3.05, 3.63) is 0 Å². The van der Waals surface area contributed by atoms with Crippen molar-refractivity contribution in [1.29, 1.82) is 0 Å². The van der Waals surface area contributed by atoms with Crippen LogP contribution < -0.4 is 0 Å². The first-order valence-electron chi connectivity index (χ1n) is 7.20.